The number of halogens is 2. The summed E-state index contributed by atoms with van der Waals surface area (Å²) in [5.74, 6) is 0.863. The number of aliphatic hydroxyl groups is 1. The second kappa shape index (κ2) is 16.4. The number of piperazine rings is 1. The lowest BCUT2D eigenvalue weighted by molar-refractivity contribution is -0.0893. The van der Waals surface area contributed by atoms with E-state index in [1.807, 2.05) is 39.8 Å². The number of rotatable bonds is 11. The Hall–Kier alpha value is -3.15. The molecule has 2 fully saturated rings. The highest BCUT2D eigenvalue weighted by atomic mass is 35.5. The topological polar surface area (TPSA) is 115 Å². The summed E-state index contributed by atoms with van der Waals surface area (Å²) >= 11 is 0. The second-order valence-electron chi connectivity index (χ2n) is 11.4. The van der Waals surface area contributed by atoms with Gasteiger partial charge in [0.15, 0.2) is 23.0 Å². The number of ketones is 1. The lowest BCUT2D eigenvalue weighted by atomic mass is 9.80. The first-order chi connectivity index (χ1) is 20.9. The van der Waals surface area contributed by atoms with Crippen LogP contribution in [0.1, 0.15) is 65.9 Å². The van der Waals surface area contributed by atoms with Crippen LogP contribution in [-0.4, -0.2) is 90.0 Å². The number of benzene rings is 2. The standard InChI is InChI=1S/C33H42N4O6.2ClH/c1-23(38)25-12-13-27(28(19-25)42-3)43-18-14-26-20-34-16-17-36(26)32(39)30-31(24-9-5-4-6-10-24)37(22-35-30)29-11-7-8-15-33(29,40)21-41-2;;/h4-6,9-10,12-13,19,22,26,29,34,40H,7-8,11,14-18,20-21H2,1-3H3;2*1H/t26-,29-,33-;;/m1../s1. The third-order valence-electron chi connectivity index (χ3n) is 8.62. The van der Waals surface area contributed by atoms with Gasteiger partial charge >= 0.3 is 0 Å². The molecular formula is C33H44Cl2N4O6. The van der Waals surface area contributed by atoms with Crippen molar-refractivity contribution in [2.24, 2.45) is 0 Å². The van der Waals surface area contributed by atoms with Crippen molar-refractivity contribution in [1.82, 2.24) is 19.8 Å². The number of Topliss-reactive ketones (excluding diaryl/α,β-unsaturated/α-hetero) is 1. The van der Waals surface area contributed by atoms with Crippen LogP contribution >= 0.6 is 24.8 Å². The Morgan fingerprint density at radius 1 is 1.09 bits per heavy atom. The number of hydrogen-bond acceptors (Lipinski definition) is 8. The van der Waals surface area contributed by atoms with Gasteiger partial charge in [0.1, 0.15) is 5.60 Å². The van der Waals surface area contributed by atoms with Crippen molar-refractivity contribution in [3.8, 4) is 22.8 Å². The van der Waals surface area contributed by atoms with Crippen LogP contribution in [0.4, 0.5) is 0 Å². The molecule has 5 rings (SSSR count). The fraction of sp³-hybridized carbons (Fsp3) is 0.485. The Morgan fingerprint density at radius 2 is 1.87 bits per heavy atom. The van der Waals surface area contributed by atoms with Crippen LogP contribution in [0.3, 0.4) is 0 Å². The molecule has 0 spiro atoms. The molecule has 2 aromatic carbocycles. The smallest absolute Gasteiger partial charge is 0.275 e. The van der Waals surface area contributed by atoms with E-state index in [1.165, 1.54) is 6.92 Å². The van der Waals surface area contributed by atoms with Crippen LogP contribution in [0, 0.1) is 0 Å². The Kier molecular flexibility index (Phi) is 13.3. The number of ether oxygens (including phenoxy) is 3. The Morgan fingerprint density at radius 3 is 2.58 bits per heavy atom. The number of nitrogens with zero attached hydrogens (tertiary/aromatic N) is 3. The third kappa shape index (κ3) is 7.99. The molecule has 1 aliphatic carbocycles. The normalized spacial score (nSPS) is 21.3. The van der Waals surface area contributed by atoms with Crippen LogP contribution in [0.2, 0.25) is 0 Å². The van der Waals surface area contributed by atoms with E-state index >= 15 is 0 Å². The van der Waals surface area contributed by atoms with E-state index in [2.05, 4.69) is 5.32 Å². The van der Waals surface area contributed by atoms with Gasteiger partial charge in [-0.1, -0.05) is 43.2 Å². The molecule has 2 aliphatic rings. The number of amides is 1. The van der Waals surface area contributed by atoms with Crippen LogP contribution in [-0.2, 0) is 4.74 Å². The number of methoxy groups -OCH3 is 2. The summed E-state index contributed by atoms with van der Waals surface area (Å²) in [4.78, 5) is 32.6. The maximum atomic E-state index is 14.3. The average molecular weight is 664 g/mol. The number of aromatic nitrogens is 2. The average Bonchev–Trinajstić information content (AvgIpc) is 3.46. The van der Waals surface area contributed by atoms with Crippen LogP contribution in [0.15, 0.2) is 54.9 Å². The highest BCUT2D eigenvalue weighted by molar-refractivity contribution is 5.98. The number of carbonyl (C=O) groups excluding carboxylic acids is 2. The van der Waals surface area contributed by atoms with E-state index in [9.17, 15) is 14.7 Å². The summed E-state index contributed by atoms with van der Waals surface area (Å²) in [6.07, 6.45) is 5.61. The monoisotopic (exact) mass is 662 g/mol. The van der Waals surface area contributed by atoms with Gasteiger partial charge in [-0.05, 0) is 38.0 Å². The van der Waals surface area contributed by atoms with Gasteiger partial charge < -0.3 is 34.1 Å². The van der Waals surface area contributed by atoms with Gasteiger partial charge in [0, 0.05) is 50.3 Å². The third-order valence-corrected chi connectivity index (χ3v) is 8.62. The summed E-state index contributed by atoms with van der Waals surface area (Å²) in [5, 5.41) is 15.1. The molecular weight excluding hydrogens is 619 g/mol. The van der Waals surface area contributed by atoms with Crippen molar-refractivity contribution in [2.75, 3.05) is 47.1 Å². The Balaban J connectivity index is 0.00000276. The van der Waals surface area contributed by atoms with Crippen molar-refractivity contribution in [1.29, 1.82) is 0 Å². The van der Waals surface area contributed by atoms with Crippen molar-refractivity contribution < 1.29 is 28.9 Å². The highest BCUT2D eigenvalue weighted by Crippen LogP contribution is 2.41. The summed E-state index contributed by atoms with van der Waals surface area (Å²) in [7, 11) is 3.15. The quantitative estimate of drug-likeness (QED) is 0.276. The predicted molar refractivity (Wildman–Crippen MR) is 177 cm³/mol. The van der Waals surface area contributed by atoms with E-state index in [4.69, 9.17) is 19.2 Å². The molecule has 1 aliphatic heterocycles. The first-order valence-corrected chi connectivity index (χ1v) is 15.0. The minimum absolute atomic E-state index is 0. The molecule has 0 bridgehead atoms. The maximum absolute atomic E-state index is 14.3. The molecule has 12 heteroatoms. The molecule has 246 valence electrons. The van der Waals surface area contributed by atoms with Gasteiger partial charge in [-0.25, -0.2) is 4.98 Å². The van der Waals surface area contributed by atoms with E-state index in [1.54, 1.807) is 38.7 Å². The van der Waals surface area contributed by atoms with Crippen molar-refractivity contribution in [2.45, 2.75) is 56.7 Å². The SMILES string of the molecule is COC[C@]1(O)CCCC[C@H]1n1cnc(C(=O)N2CCNC[C@H]2CCOc2ccc(C(C)=O)cc2OC)c1-c1ccccc1.Cl.Cl. The molecule has 0 radical (unpaired) electrons. The summed E-state index contributed by atoms with van der Waals surface area (Å²) < 4.78 is 18.9. The van der Waals surface area contributed by atoms with Crippen LogP contribution in [0.5, 0.6) is 11.5 Å². The lowest BCUT2D eigenvalue weighted by Gasteiger charge is -2.41. The summed E-state index contributed by atoms with van der Waals surface area (Å²) in [5.41, 5.74) is 1.49. The number of hydrogen-bond donors (Lipinski definition) is 2. The molecule has 1 aromatic heterocycles. The highest BCUT2D eigenvalue weighted by Gasteiger charge is 2.42. The zero-order valence-electron chi connectivity index (χ0n) is 26.1. The molecule has 2 heterocycles. The molecule has 2 N–H and O–H groups in total. The van der Waals surface area contributed by atoms with Crippen molar-refractivity contribution in [3.63, 3.8) is 0 Å². The van der Waals surface area contributed by atoms with Crippen LogP contribution < -0.4 is 14.8 Å². The van der Waals surface area contributed by atoms with Crippen molar-refractivity contribution >= 4 is 36.5 Å². The van der Waals surface area contributed by atoms with E-state index in [0.717, 1.165) is 30.5 Å². The molecule has 1 amide bonds. The number of imidazole rings is 1. The van der Waals surface area contributed by atoms with Gasteiger partial charge in [0.05, 0.1) is 38.4 Å². The summed E-state index contributed by atoms with van der Waals surface area (Å²) in [6.45, 7) is 3.94. The Bertz CT molecular complexity index is 1420. The van der Waals surface area contributed by atoms with Gasteiger partial charge in [0.2, 0.25) is 0 Å². The first kappa shape index (κ1) is 36.3. The molecule has 3 atom stereocenters. The maximum Gasteiger partial charge on any atom is 0.275 e. The van der Waals surface area contributed by atoms with Crippen LogP contribution in [0.25, 0.3) is 11.3 Å². The predicted octanol–water partition coefficient (Wildman–Crippen LogP) is 4.98. The Labute approximate surface area is 277 Å². The number of carbonyl (C=O) groups is 2. The molecule has 10 nitrogen and oxygen atoms in total. The largest absolute Gasteiger partial charge is 0.493 e. The van der Waals surface area contributed by atoms with Gasteiger partial charge in [-0.15, -0.1) is 24.8 Å². The molecule has 45 heavy (non-hydrogen) atoms. The summed E-state index contributed by atoms with van der Waals surface area (Å²) in [6, 6.07) is 14.6. The van der Waals surface area contributed by atoms with Crippen molar-refractivity contribution in [3.05, 3.63) is 66.1 Å². The second-order valence-corrected chi connectivity index (χ2v) is 11.4. The minimum atomic E-state index is -1.05. The molecule has 1 saturated heterocycles. The van der Waals surface area contributed by atoms with E-state index in [0.29, 0.717) is 61.8 Å². The fourth-order valence-corrected chi connectivity index (χ4v) is 6.39. The fourth-order valence-electron chi connectivity index (χ4n) is 6.39. The van der Waals surface area contributed by atoms with E-state index in [-0.39, 0.29) is 55.2 Å². The molecule has 3 aromatic rings. The molecule has 1 saturated carbocycles. The number of nitrogens with one attached hydrogen (secondary N) is 1. The van der Waals surface area contributed by atoms with Gasteiger partial charge in [-0.2, -0.15) is 0 Å². The van der Waals surface area contributed by atoms with E-state index < -0.39 is 5.60 Å². The minimum Gasteiger partial charge on any atom is -0.493 e. The first-order valence-electron chi connectivity index (χ1n) is 15.0. The zero-order valence-corrected chi connectivity index (χ0v) is 27.7. The van der Waals surface area contributed by atoms with Gasteiger partial charge in [-0.3, -0.25) is 9.59 Å². The zero-order chi connectivity index (χ0) is 30.4. The van der Waals surface area contributed by atoms with Gasteiger partial charge in [0.25, 0.3) is 5.91 Å². The lowest BCUT2D eigenvalue weighted by Crippen LogP contribution is -2.54. The molecule has 0 unspecified atom stereocenters.